The minimum atomic E-state index is -4.30. The lowest BCUT2D eigenvalue weighted by Crippen LogP contribution is -2.01. The van der Waals surface area contributed by atoms with E-state index in [4.69, 9.17) is 9.53 Å². The first kappa shape index (κ1) is 34.7. The van der Waals surface area contributed by atoms with Crippen molar-refractivity contribution < 1.29 is 32.3 Å². The van der Waals surface area contributed by atoms with Gasteiger partial charge < -0.3 is 4.74 Å². The molecule has 0 aromatic heterocycles. The Kier molecular flexibility index (Phi) is 19.8. The zero-order valence-electron chi connectivity index (χ0n) is 17.1. The molecule has 0 N–H and O–H groups in total. The molecule has 0 aliphatic carbocycles. The average molecular weight is 842 g/mol. The van der Waals surface area contributed by atoms with Gasteiger partial charge in [0.05, 0.1) is 0 Å². The Hall–Kier alpha value is -0.420. The summed E-state index contributed by atoms with van der Waals surface area (Å²) in [4.78, 5) is 32.4. The van der Waals surface area contributed by atoms with Crippen LogP contribution in [0.25, 0.3) is 0 Å². The Bertz CT molecular complexity index is 941. The van der Waals surface area contributed by atoms with Crippen LogP contribution in [-0.4, -0.2) is 22.7 Å². The van der Waals surface area contributed by atoms with Crippen LogP contribution in [0.2, 0.25) is 0 Å². The fourth-order valence-corrected chi connectivity index (χ4v) is 2.73. The van der Waals surface area contributed by atoms with Crippen LogP contribution in [0.4, 0.5) is 18.0 Å². The molecule has 2 rings (SSSR count). The van der Waals surface area contributed by atoms with Crippen LogP contribution >= 0.6 is 84.6 Å². The summed E-state index contributed by atoms with van der Waals surface area (Å²) in [5.74, 6) is 1.24. The maximum absolute atomic E-state index is 12.3. The summed E-state index contributed by atoms with van der Waals surface area (Å²) in [5.41, 5.74) is -2.51. The number of carbonyl (C=O) groups is 2. The van der Waals surface area contributed by atoms with Crippen LogP contribution in [0.5, 0.6) is 11.5 Å². The zero-order valence-corrected chi connectivity index (χ0v) is 25.3. The summed E-state index contributed by atoms with van der Waals surface area (Å²) in [7, 11) is 0. The van der Waals surface area contributed by atoms with Gasteiger partial charge in [0.2, 0.25) is 6.08 Å². The molecule has 0 spiro atoms. The van der Waals surface area contributed by atoms with Gasteiger partial charge in [0.25, 0.3) is 0 Å². The third kappa shape index (κ3) is 16.8. The van der Waals surface area contributed by atoms with Gasteiger partial charge in [-0.05, 0) is 71.7 Å². The van der Waals surface area contributed by atoms with Crippen LogP contribution in [0.15, 0.2) is 52.4 Å². The van der Waals surface area contributed by atoms with Crippen molar-refractivity contribution >= 4 is 102 Å². The van der Waals surface area contributed by atoms with Gasteiger partial charge >= 0.3 is 10.9 Å². The lowest BCUT2D eigenvalue weighted by molar-refractivity contribution is -0.118. The predicted molar refractivity (Wildman–Crippen MR) is 151 cm³/mol. The first-order valence-corrected chi connectivity index (χ1v) is 16.1. The summed E-state index contributed by atoms with van der Waals surface area (Å²) in [6.45, 7) is 3.69. The molecule has 0 radical (unpaired) electrons. The molecule has 0 saturated carbocycles. The van der Waals surface area contributed by atoms with Gasteiger partial charge in [-0.25, -0.2) is 4.79 Å². The van der Waals surface area contributed by atoms with E-state index in [9.17, 15) is 22.8 Å². The van der Waals surface area contributed by atoms with E-state index in [-0.39, 0.29) is 46.4 Å². The van der Waals surface area contributed by atoms with E-state index in [1.165, 1.54) is 24.3 Å². The van der Waals surface area contributed by atoms with Crippen LogP contribution in [0, 0.1) is 6.92 Å². The van der Waals surface area contributed by atoms with E-state index in [1.54, 1.807) is 6.07 Å². The van der Waals surface area contributed by atoms with Crippen LogP contribution in [0.1, 0.15) is 24.5 Å². The van der Waals surface area contributed by atoms with E-state index in [2.05, 4.69) is 53.8 Å². The fourth-order valence-electron chi connectivity index (χ4n) is 2.16. The minimum absolute atomic E-state index is 0. The molecule has 2 aromatic carbocycles. The molecule has 13 heteroatoms. The van der Waals surface area contributed by atoms with Crippen LogP contribution < -0.4 is 4.74 Å². The van der Waals surface area contributed by atoms with Gasteiger partial charge in [-0.3, -0.25) is 9.59 Å². The number of hydrogen-bond acceptors (Lipinski definition) is 5. The van der Waals surface area contributed by atoms with Crippen LogP contribution in [-0.2, 0) is 16.0 Å². The maximum atomic E-state index is 12.3. The van der Waals surface area contributed by atoms with Crippen molar-refractivity contribution in [2.45, 2.75) is 37.1 Å². The number of hydrogen-bond donors (Lipinski definition) is 0. The Morgan fingerprint density at radius 2 is 1.73 bits per heavy atom. The molecule has 5 nitrogen and oxygen atoms in total. The quantitative estimate of drug-likeness (QED) is 0.0726. The third-order valence-electron chi connectivity index (χ3n) is 3.45. The first-order valence-electron chi connectivity index (χ1n) is 8.60. The number of nitrogens with zero attached hydrogens (tertiary/aromatic N) is 1. The van der Waals surface area contributed by atoms with Gasteiger partial charge in [0.15, 0.2) is 0 Å². The first-order chi connectivity index (χ1) is 15.0. The highest BCUT2D eigenvalue weighted by atomic mass is 128. The largest absolute Gasteiger partial charge is 0.457 e. The molecular weight excluding hydrogens is 823 g/mol. The molecule has 182 valence electrons. The number of halogens is 7. The molecule has 1 amide bonds. The number of amides is 1. The van der Waals surface area contributed by atoms with E-state index in [1.807, 2.05) is 26.0 Å². The van der Waals surface area contributed by atoms with Gasteiger partial charge in [0, 0.05) is 55.0 Å². The van der Waals surface area contributed by atoms with Crippen molar-refractivity contribution in [1.29, 1.82) is 0 Å². The smallest absolute Gasteiger partial charge is 0.446 e. The van der Waals surface area contributed by atoms with E-state index >= 15 is 0 Å². The Morgan fingerprint density at radius 1 is 1.15 bits per heavy atom. The maximum Gasteiger partial charge on any atom is 0.446 e. The summed E-state index contributed by atoms with van der Waals surface area (Å²) in [6, 6.07) is 11.2. The number of isocyanates is 1. The number of rotatable bonds is 6. The van der Waals surface area contributed by atoms with Crippen molar-refractivity contribution in [3.63, 3.8) is 0 Å². The number of alkyl halides is 3. The summed E-state index contributed by atoms with van der Waals surface area (Å²) < 4.78 is 42.6. The zero-order chi connectivity index (χ0) is 24.7. The number of benzene rings is 2. The number of aryl methyl sites for hydroxylation is 1. The second-order valence-electron chi connectivity index (χ2n) is 5.75. The van der Waals surface area contributed by atoms with E-state index < -0.39 is 10.9 Å². The lowest BCUT2D eigenvalue weighted by atomic mass is 10.0. The SMILES string of the molecule is CCC(=O)Cc1ccc(Oc2ccc(SC(F)(F)F)cc2)c(C)c1.I.II.O=C=NC(=O)Cl. The highest BCUT2D eigenvalue weighted by Gasteiger charge is 2.29. The molecule has 33 heavy (non-hydrogen) atoms. The summed E-state index contributed by atoms with van der Waals surface area (Å²) in [6.07, 6.45) is 1.85. The number of Topliss-reactive ketones (excluding diaryl/α,β-unsaturated/α-hetero) is 1. The molecule has 0 fully saturated rings. The molecule has 2 aromatic rings. The monoisotopic (exact) mass is 841 g/mol. The highest BCUT2D eigenvalue weighted by molar-refractivity contribution is 15.0. The third-order valence-corrected chi connectivity index (χ3v) is 4.28. The summed E-state index contributed by atoms with van der Waals surface area (Å²) >= 11 is 8.59. The van der Waals surface area contributed by atoms with E-state index in [0.717, 1.165) is 17.2 Å². The molecule has 0 aliphatic heterocycles. The molecule has 0 unspecified atom stereocenters. The molecule has 0 bridgehead atoms. The lowest BCUT2D eigenvalue weighted by Gasteiger charge is -2.11. The molecule has 0 aliphatic rings. The highest BCUT2D eigenvalue weighted by Crippen LogP contribution is 2.37. The average Bonchev–Trinajstić information content (AvgIpc) is 2.72. The molecular formula is C20H18ClF3I3NO4S. The van der Waals surface area contributed by atoms with Crippen molar-refractivity contribution in [1.82, 2.24) is 0 Å². The number of thioether (sulfide) groups is 1. The van der Waals surface area contributed by atoms with Gasteiger partial charge in [-0.2, -0.15) is 13.2 Å². The van der Waals surface area contributed by atoms with Crippen molar-refractivity contribution in [2.24, 2.45) is 4.99 Å². The van der Waals surface area contributed by atoms with Crippen LogP contribution in [0.3, 0.4) is 0 Å². The topological polar surface area (TPSA) is 72.8 Å². The van der Waals surface area contributed by atoms with E-state index in [0.29, 0.717) is 24.3 Å². The molecule has 0 heterocycles. The minimum Gasteiger partial charge on any atom is -0.457 e. The van der Waals surface area contributed by atoms with Crippen molar-refractivity contribution in [2.75, 3.05) is 0 Å². The Labute approximate surface area is 239 Å². The Balaban J connectivity index is 0. The normalized spacial score (nSPS) is 9.58. The number of aliphatic imine (C=N–C) groups is 1. The van der Waals surface area contributed by atoms with Gasteiger partial charge in [-0.1, -0.05) is 19.1 Å². The second kappa shape index (κ2) is 18.9. The van der Waals surface area contributed by atoms with Crippen molar-refractivity contribution in [3.8, 4) is 11.5 Å². The molecule has 0 atom stereocenters. The van der Waals surface area contributed by atoms with Crippen molar-refractivity contribution in [3.05, 3.63) is 53.6 Å². The number of ether oxygens (including phenoxy) is 1. The Morgan fingerprint density at radius 3 is 2.12 bits per heavy atom. The standard InChI is InChI=1S/C18H17F3O2S.C2ClNO2.I2.HI/c1-3-14(22)11-13-4-9-17(12(2)10-13)23-15-5-7-16(8-6-15)24-18(19,20)21;3-2(6)4-1-5;1-2;/h4-10H,3,11H2,1-2H3;;;1H. The summed E-state index contributed by atoms with van der Waals surface area (Å²) in [5, 5.41) is -1.04. The predicted octanol–water partition coefficient (Wildman–Crippen LogP) is 8.99. The van der Waals surface area contributed by atoms with Gasteiger partial charge in [0.1, 0.15) is 17.3 Å². The second-order valence-corrected chi connectivity index (χ2v) is 7.21. The van der Waals surface area contributed by atoms with Gasteiger partial charge in [-0.15, -0.1) is 29.0 Å². The fraction of sp³-hybridized carbons (Fsp3) is 0.250. The number of carbonyl (C=O) groups excluding carboxylic acids is 3. The number of ketones is 1. The molecule has 0 saturated heterocycles.